The van der Waals surface area contributed by atoms with Crippen molar-refractivity contribution in [1.29, 1.82) is 0 Å². The molecule has 0 aliphatic rings. The van der Waals surface area contributed by atoms with Crippen LogP contribution in [-0.2, 0) is 0 Å². The number of carbonyl (C=O) groups is 1. The predicted molar refractivity (Wildman–Crippen MR) is 46.8 cm³/mol. The highest BCUT2D eigenvalue weighted by Gasteiger charge is 2.07. The first-order valence-electron chi connectivity index (χ1n) is 3.88. The van der Waals surface area contributed by atoms with Gasteiger partial charge < -0.3 is 9.63 Å². The van der Waals surface area contributed by atoms with E-state index in [0.29, 0.717) is 11.8 Å². The molecule has 70 valence electrons. The highest BCUT2D eigenvalue weighted by Crippen LogP contribution is 2.19. The van der Waals surface area contributed by atoms with E-state index in [1.807, 2.05) is 0 Å². The number of hydrogen-bond acceptors (Lipinski definition) is 5. The van der Waals surface area contributed by atoms with Gasteiger partial charge in [-0.2, -0.15) is 4.98 Å². The third-order valence-electron chi connectivity index (χ3n) is 1.65. The summed E-state index contributed by atoms with van der Waals surface area (Å²) in [7, 11) is 0. The van der Waals surface area contributed by atoms with Crippen molar-refractivity contribution in [3.05, 3.63) is 30.2 Å². The Bertz CT molecular complexity index is 465. The van der Waals surface area contributed by atoms with Crippen molar-refractivity contribution >= 4 is 6.29 Å². The average molecular weight is 190 g/mol. The van der Waals surface area contributed by atoms with E-state index >= 15 is 0 Å². The summed E-state index contributed by atoms with van der Waals surface area (Å²) in [6.45, 7) is 0. The van der Waals surface area contributed by atoms with E-state index in [-0.39, 0.29) is 17.5 Å². The molecular weight excluding hydrogens is 184 g/mol. The Kier molecular flexibility index (Phi) is 1.98. The largest absolute Gasteiger partial charge is 0.508 e. The van der Waals surface area contributed by atoms with Crippen molar-refractivity contribution in [2.24, 2.45) is 0 Å². The molecule has 0 fully saturated rings. The Hall–Kier alpha value is -2.17. The van der Waals surface area contributed by atoms with E-state index in [9.17, 15) is 9.90 Å². The maximum absolute atomic E-state index is 10.3. The number of hydrogen-bond donors (Lipinski definition) is 1. The molecule has 1 aromatic heterocycles. The van der Waals surface area contributed by atoms with Gasteiger partial charge in [0.05, 0.1) is 0 Å². The molecule has 14 heavy (non-hydrogen) atoms. The summed E-state index contributed by atoms with van der Waals surface area (Å²) in [6, 6.07) is 6.38. The standard InChI is InChI=1S/C9H6N2O3/c12-5-8-10-9(11-14-8)6-2-1-3-7(13)4-6/h1-5,13H. The van der Waals surface area contributed by atoms with Gasteiger partial charge >= 0.3 is 0 Å². The van der Waals surface area contributed by atoms with Crippen molar-refractivity contribution in [3.8, 4) is 17.1 Å². The molecule has 5 heteroatoms. The number of carbonyl (C=O) groups excluding carboxylic acids is 1. The molecule has 5 nitrogen and oxygen atoms in total. The zero-order valence-electron chi connectivity index (χ0n) is 7.04. The summed E-state index contributed by atoms with van der Waals surface area (Å²) in [4.78, 5) is 14.1. The van der Waals surface area contributed by atoms with Crippen LogP contribution in [0.15, 0.2) is 28.8 Å². The molecule has 0 saturated carbocycles. The summed E-state index contributed by atoms with van der Waals surface area (Å²) in [6.07, 6.45) is 0.472. The van der Waals surface area contributed by atoms with E-state index in [0.717, 1.165) is 0 Å². The zero-order chi connectivity index (χ0) is 9.97. The molecule has 1 heterocycles. The Labute approximate surface area is 79.0 Å². The highest BCUT2D eigenvalue weighted by atomic mass is 16.5. The van der Waals surface area contributed by atoms with Crippen LogP contribution < -0.4 is 0 Å². The van der Waals surface area contributed by atoms with Gasteiger partial charge in [0.2, 0.25) is 12.1 Å². The topological polar surface area (TPSA) is 76.2 Å². The molecule has 1 N–H and O–H groups in total. The Morgan fingerprint density at radius 2 is 2.29 bits per heavy atom. The number of rotatable bonds is 2. The average Bonchev–Trinajstić information content (AvgIpc) is 2.66. The lowest BCUT2D eigenvalue weighted by molar-refractivity contribution is 0.108. The maximum Gasteiger partial charge on any atom is 0.291 e. The van der Waals surface area contributed by atoms with Crippen molar-refractivity contribution in [3.63, 3.8) is 0 Å². The van der Waals surface area contributed by atoms with Gasteiger partial charge in [-0.1, -0.05) is 17.3 Å². The molecule has 0 unspecified atom stereocenters. The first kappa shape index (κ1) is 8.43. The van der Waals surface area contributed by atoms with Crippen LogP contribution in [0.25, 0.3) is 11.4 Å². The number of aromatic nitrogens is 2. The van der Waals surface area contributed by atoms with Crippen LogP contribution >= 0.6 is 0 Å². The Balaban J connectivity index is 2.43. The second-order valence-electron chi connectivity index (χ2n) is 2.62. The molecule has 2 aromatic rings. The quantitative estimate of drug-likeness (QED) is 0.721. The van der Waals surface area contributed by atoms with Gasteiger partial charge in [-0.3, -0.25) is 4.79 Å². The first-order chi connectivity index (χ1) is 6.79. The Morgan fingerprint density at radius 1 is 1.43 bits per heavy atom. The fourth-order valence-electron chi connectivity index (χ4n) is 1.05. The smallest absolute Gasteiger partial charge is 0.291 e. The van der Waals surface area contributed by atoms with Crippen LogP contribution in [0.3, 0.4) is 0 Å². The molecule has 0 aliphatic heterocycles. The fourth-order valence-corrected chi connectivity index (χ4v) is 1.05. The van der Waals surface area contributed by atoms with E-state index in [1.54, 1.807) is 12.1 Å². The summed E-state index contributed by atoms with van der Waals surface area (Å²) in [5.41, 5.74) is 0.599. The molecule has 0 atom stereocenters. The SMILES string of the molecule is O=Cc1nc(-c2cccc(O)c2)no1. The molecule has 0 amide bonds. The third kappa shape index (κ3) is 1.47. The molecule has 0 spiro atoms. The molecular formula is C9H6N2O3. The molecule has 0 saturated heterocycles. The lowest BCUT2D eigenvalue weighted by atomic mass is 10.2. The van der Waals surface area contributed by atoms with Crippen molar-refractivity contribution in [2.45, 2.75) is 0 Å². The van der Waals surface area contributed by atoms with Gasteiger partial charge in [0.1, 0.15) is 5.75 Å². The molecule has 2 rings (SSSR count). The molecule has 0 aliphatic carbocycles. The fraction of sp³-hybridized carbons (Fsp3) is 0. The lowest BCUT2D eigenvalue weighted by Gasteiger charge is -1.93. The number of nitrogens with zero attached hydrogens (tertiary/aromatic N) is 2. The van der Waals surface area contributed by atoms with Gasteiger partial charge in [0.25, 0.3) is 5.89 Å². The molecule has 0 radical (unpaired) electrons. The summed E-state index contributed by atoms with van der Waals surface area (Å²) in [5.74, 6) is 0.311. The minimum atomic E-state index is -0.0802. The number of phenols is 1. The minimum absolute atomic E-state index is 0.0802. The normalized spacial score (nSPS) is 10.0. The highest BCUT2D eigenvalue weighted by molar-refractivity contribution is 5.69. The second-order valence-corrected chi connectivity index (χ2v) is 2.62. The predicted octanol–water partition coefficient (Wildman–Crippen LogP) is 1.25. The van der Waals surface area contributed by atoms with Crippen molar-refractivity contribution < 1.29 is 14.4 Å². The first-order valence-corrected chi connectivity index (χ1v) is 3.88. The van der Waals surface area contributed by atoms with Gasteiger partial charge in [-0.25, -0.2) is 0 Å². The number of aldehydes is 1. The lowest BCUT2D eigenvalue weighted by Crippen LogP contribution is -1.81. The maximum atomic E-state index is 10.3. The van der Waals surface area contributed by atoms with Crippen molar-refractivity contribution in [2.75, 3.05) is 0 Å². The van der Waals surface area contributed by atoms with Crippen LogP contribution in [0.5, 0.6) is 5.75 Å². The van der Waals surface area contributed by atoms with Gasteiger partial charge in [0.15, 0.2) is 0 Å². The van der Waals surface area contributed by atoms with Crippen LogP contribution in [0.2, 0.25) is 0 Å². The van der Waals surface area contributed by atoms with Crippen LogP contribution in [-0.4, -0.2) is 21.5 Å². The van der Waals surface area contributed by atoms with Crippen LogP contribution in [0, 0.1) is 0 Å². The zero-order valence-corrected chi connectivity index (χ0v) is 7.04. The monoisotopic (exact) mass is 190 g/mol. The van der Waals surface area contributed by atoms with Crippen LogP contribution in [0.1, 0.15) is 10.7 Å². The molecule has 1 aromatic carbocycles. The van der Waals surface area contributed by atoms with E-state index < -0.39 is 0 Å². The van der Waals surface area contributed by atoms with Crippen LogP contribution in [0.4, 0.5) is 0 Å². The van der Waals surface area contributed by atoms with Gasteiger partial charge in [-0.05, 0) is 12.1 Å². The minimum Gasteiger partial charge on any atom is -0.508 e. The summed E-state index contributed by atoms with van der Waals surface area (Å²) < 4.78 is 4.60. The summed E-state index contributed by atoms with van der Waals surface area (Å²) in [5, 5.41) is 12.8. The van der Waals surface area contributed by atoms with E-state index in [2.05, 4.69) is 14.7 Å². The number of phenolic OH excluding ortho intramolecular Hbond substituents is 1. The summed E-state index contributed by atoms with van der Waals surface area (Å²) >= 11 is 0. The second kappa shape index (κ2) is 3.29. The van der Waals surface area contributed by atoms with Gasteiger partial charge in [-0.15, -0.1) is 0 Å². The van der Waals surface area contributed by atoms with E-state index in [1.165, 1.54) is 12.1 Å². The third-order valence-corrected chi connectivity index (χ3v) is 1.65. The number of aromatic hydroxyl groups is 1. The Morgan fingerprint density at radius 3 is 2.93 bits per heavy atom. The number of benzene rings is 1. The van der Waals surface area contributed by atoms with E-state index in [4.69, 9.17) is 0 Å². The molecule has 0 bridgehead atoms. The van der Waals surface area contributed by atoms with Crippen molar-refractivity contribution in [1.82, 2.24) is 10.1 Å². The van der Waals surface area contributed by atoms with Gasteiger partial charge in [0, 0.05) is 5.56 Å².